The first-order valence-corrected chi connectivity index (χ1v) is 11.3. The first kappa shape index (κ1) is 21.6. The quantitative estimate of drug-likeness (QED) is 0.726. The zero-order valence-electron chi connectivity index (χ0n) is 17.4. The number of nitrogens with zero attached hydrogens (tertiary/aromatic N) is 2. The van der Waals surface area contributed by atoms with Crippen LogP contribution < -0.4 is 14.2 Å². The minimum absolute atomic E-state index is 0.113. The van der Waals surface area contributed by atoms with E-state index in [1.54, 1.807) is 45.4 Å². The smallest absolute Gasteiger partial charge is 0.242 e. The first-order chi connectivity index (χ1) is 14.3. The molecule has 30 heavy (non-hydrogen) atoms. The van der Waals surface area contributed by atoms with Crippen molar-refractivity contribution in [3.05, 3.63) is 53.6 Å². The van der Waals surface area contributed by atoms with Gasteiger partial charge in [-0.1, -0.05) is 25.1 Å². The van der Waals surface area contributed by atoms with Crippen molar-refractivity contribution < 1.29 is 22.7 Å². The van der Waals surface area contributed by atoms with Crippen LogP contribution >= 0.6 is 0 Å². The van der Waals surface area contributed by atoms with Gasteiger partial charge in [-0.2, -0.15) is 5.10 Å². The predicted molar refractivity (Wildman–Crippen MR) is 115 cm³/mol. The van der Waals surface area contributed by atoms with E-state index >= 15 is 0 Å². The second-order valence-electron chi connectivity index (χ2n) is 6.89. The lowest BCUT2D eigenvalue weighted by molar-refractivity contribution is -0.132. The molecule has 3 rings (SSSR count). The van der Waals surface area contributed by atoms with E-state index in [1.807, 2.05) is 18.2 Å². The zero-order valence-corrected chi connectivity index (χ0v) is 18.2. The van der Waals surface area contributed by atoms with E-state index in [0.717, 1.165) is 23.1 Å². The number of anilines is 1. The number of methoxy groups -OCH3 is 2. The van der Waals surface area contributed by atoms with Gasteiger partial charge >= 0.3 is 0 Å². The maximum atomic E-state index is 12.6. The lowest BCUT2D eigenvalue weighted by atomic mass is 9.96. The Balaban J connectivity index is 1.98. The van der Waals surface area contributed by atoms with Gasteiger partial charge in [-0.05, 0) is 29.8 Å². The highest BCUT2D eigenvalue weighted by molar-refractivity contribution is 7.92. The normalized spacial score (nSPS) is 16.2. The number of rotatable bonds is 7. The van der Waals surface area contributed by atoms with Crippen LogP contribution in [0.2, 0.25) is 0 Å². The van der Waals surface area contributed by atoms with Gasteiger partial charge in [-0.3, -0.25) is 9.52 Å². The molecule has 0 unspecified atom stereocenters. The van der Waals surface area contributed by atoms with Gasteiger partial charge in [0.15, 0.2) is 0 Å². The van der Waals surface area contributed by atoms with Gasteiger partial charge in [0.1, 0.15) is 11.5 Å². The Morgan fingerprint density at radius 2 is 1.73 bits per heavy atom. The van der Waals surface area contributed by atoms with Crippen LogP contribution in [-0.4, -0.2) is 45.5 Å². The van der Waals surface area contributed by atoms with E-state index in [4.69, 9.17) is 9.47 Å². The number of benzene rings is 2. The second kappa shape index (κ2) is 8.74. The summed E-state index contributed by atoms with van der Waals surface area (Å²) in [6.07, 6.45) is 1.88. The summed E-state index contributed by atoms with van der Waals surface area (Å²) in [5.74, 6) is 1.13. The molecule has 1 amide bonds. The molecule has 0 saturated heterocycles. The Morgan fingerprint density at radius 1 is 1.13 bits per heavy atom. The molecule has 8 nitrogen and oxygen atoms in total. The highest BCUT2D eigenvalue weighted by Gasteiger charge is 2.36. The van der Waals surface area contributed by atoms with E-state index in [0.29, 0.717) is 30.0 Å². The monoisotopic (exact) mass is 431 g/mol. The number of carbonyl (C=O) groups is 1. The molecule has 2 aromatic rings. The van der Waals surface area contributed by atoms with Crippen molar-refractivity contribution in [1.29, 1.82) is 0 Å². The van der Waals surface area contributed by atoms with Crippen LogP contribution in [0.25, 0.3) is 0 Å². The Bertz CT molecular complexity index is 1040. The largest absolute Gasteiger partial charge is 0.496 e. The maximum absolute atomic E-state index is 12.6. The molecule has 160 valence electrons. The predicted octanol–water partition coefficient (Wildman–Crippen LogP) is 3.16. The van der Waals surface area contributed by atoms with E-state index < -0.39 is 10.0 Å². The molecular formula is C21H25N3O5S. The average Bonchev–Trinajstić information content (AvgIpc) is 3.16. The third kappa shape index (κ3) is 4.56. The molecule has 0 radical (unpaired) electrons. The van der Waals surface area contributed by atoms with Gasteiger partial charge in [0, 0.05) is 18.5 Å². The minimum atomic E-state index is -3.35. The lowest BCUT2D eigenvalue weighted by Gasteiger charge is -2.25. The Labute approximate surface area is 176 Å². The molecule has 9 heteroatoms. The van der Waals surface area contributed by atoms with Crippen molar-refractivity contribution >= 4 is 27.3 Å². The van der Waals surface area contributed by atoms with Gasteiger partial charge in [-0.15, -0.1) is 0 Å². The molecule has 0 aromatic heterocycles. The summed E-state index contributed by atoms with van der Waals surface area (Å²) in [7, 11) is -0.198. The molecule has 0 aliphatic carbocycles. The van der Waals surface area contributed by atoms with Crippen molar-refractivity contribution in [3.8, 4) is 11.5 Å². The van der Waals surface area contributed by atoms with Crippen molar-refractivity contribution in [1.82, 2.24) is 5.01 Å². The molecule has 1 aliphatic rings. The molecule has 0 fully saturated rings. The van der Waals surface area contributed by atoms with E-state index in [1.165, 1.54) is 5.01 Å². The number of amides is 1. The molecular weight excluding hydrogens is 406 g/mol. The maximum Gasteiger partial charge on any atom is 0.242 e. The fourth-order valence-electron chi connectivity index (χ4n) is 3.45. The van der Waals surface area contributed by atoms with Gasteiger partial charge in [0.2, 0.25) is 15.9 Å². The third-order valence-electron chi connectivity index (χ3n) is 4.79. The molecule has 1 atom stereocenters. The lowest BCUT2D eigenvalue weighted by Crippen LogP contribution is -2.26. The van der Waals surface area contributed by atoms with Crippen molar-refractivity contribution in [3.63, 3.8) is 0 Å². The highest BCUT2D eigenvalue weighted by Crippen LogP contribution is 2.42. The number of carbonyl (C=O) groups excluding carboxylic acids is 1. The van der Waals surface area contributed by atoms with Crippen LogP contribution in [0.5, 0.6) is 11.5 Å². The number of ether oxygens (including phenoxy) is 2. The van der Waals surface area contributed by atoms with Crippen molar-refractivity contribution in [2.24, 2.45) is 5.10 Å². The summed E-state index contributed by atoms with van der Waals surface area (Å²) < 4.78 is 36.3. The first-order valence-electron chi connectivity index (χ1n) is 9.46. The summed E-state index contributed by atoms with van der Waals surface area (Å²) >= 11 is 0. The van der Waals surface area contributed by atoms with Crippen LogP contribution in [-0.2, 0) is 14.8 Å². The number of hydrogen-bond donors (Lipinski definition) is 1. The topological polar surface area (TPSA) is 97.3 Å². The molecule has 0 saturated carbocycles. The molecule has 0 spiro atoms. The van der Waals surface area contributed by atoms with E-state index in [9.17, 15) is 13.2 Å². The zero-order chi connectivity index (χ0) is 21.9. The number of hydrogen-bond acceptors (Lipinski definition) is 6. The second-order valence-corrected chi connectivity index (χ2v) is 8.63. The fraction of sp³-hybridized carbons (Fsp3) is 0.333. The van der Waals surface area contributed by atoms with Gasteiger partial charge in [0.25, 0.3) is 0 Å². The average molecular weight is 432 g/mol. The van der Waals surface area contributed by atoms with E-state index in [2.05, 4.69) is 9.82 Å². The minimum Gasteiger partial charge on any atom is -0.496 e. The fourth-order valence-corrected chi connectivity index (χ4v) is 4.02. The molecule has 1 aliphatic heterocycles. The highest BCUT2D eigenvalue weighted by atomic mass is 32.2. The molecule has 1 heterocycles. The Morgan fingerprint density at radius 3 is 2.23 bits per heavy atom. The summed E-state index contributed by atoms with van der Waals surface area (Å²) in [5.41, 5.74) is 2.75. The summed E-state index contributed by atoms with van der Waals surface area (Å²) in [6, 6.07) is 12.0. The summed E-state index contributed by atoms with van der Waals surface area (Å²) in [5, 5.41) is 6.08. The van der Waals surface area contributed by atoms with Crippen LogP contribution in [0.15, 0.2) is 47.6 Å². The van der Waals surface area contributed by atoms with Gasteiger partial charge in [0.05, 0.1) is 37.8 Å². The van der Waals surface area contributed by atoms with Crippen LogP contribution in [0.1, 0.15) is 36.9 Å². The summed E-state index contributed by atoms with van der Waals surface area (Å²) in [6.45, 7) is 1.79. The standard InChI is InChI=1S/C21H25N3O5S/c1-5-20(25)24-17(21-18(28-2)7-6-8-19(21)29-3)13-16(22-24)14-9-11-15(12-10-14)23-30(4,26)27/h6-12,17,23H,5,13H2,1-4H3/t17-/m0/s1. The van der Waals surface area contributed by atoms with E-state index in [-0.39, 0.29) is 11.9 Å². The third-order valence-corrected chi connectivity index (χ3v) is 5.40. The van der Waals surface area contributed by atoms with Crippen molar-refractivity contribution in [2.75, 3.05) is 25.2 Å². The van der Waals surface area contributed by atoms with Crippen LogP contribution in [0.3, 0.4) is 0 Å². The van der Waals surface area contributed by atoms with Crippen molar-refractivity contribution in [2.45, 2.75) is 25.8 Å². The Kier molecular flexibility index (Phi) is 6.31. The summed E-state index contributed by atoms with van der Waals surface area (Å²) in [4.78, 5) is 12.6. The SMILES string of the molecule is CCC(=O)N1N=C(c2ccc(NS(C)(=O)=O)cc2)C[C@H]1c1c(OC)cccc1OC. The molecule has 1 N–H and O–H groups in total. The van der Waals surface area contributed by atoms with Crippen LogP contribution in [0.4, 0.5) is 5.69 Å². The number of nitrogens with one attached hydrogen (secondary N) is 1. The number of sulfonamides is 1. The molecule has 2 aromatic carbocycles. The number of hydrazone groups is 1. The molecule has 0 bridgehead atoms. The van der Waals surface area contributed by atoms with Crippen LogP contribution in [0, 0.1) is 0 Å². The Hall–Kier alpha value is -3.07. The van der Waals surface area contributed by atoms with Gasteiger partial charge < -0.3 is 9.47 Å². The van der Waals surface area contributed by atoms with Gasteiger partial charge in [-0.25, -0.2) is 13.4 Å².